The number of carbonyl (C=O) groups is 2. The lowest BCUT2D eigenvalue weighted by Gasteiger charge is -2.18. The van der Waals surface area contributed by atoms with Crippen LogP contribution in [0.2, 0.25) is 0 Å². The van der Waals surface area contributed by atoms with Crippen molar-refractivity contribution in [3.8, 4) is 0 Å². The highest BCUT2D eigenvalue weighted by molar-refractivity contribution is 5.84. The summed E-state index contributed by atoms with van der Waals surface area (Å²) in [6, 6.07) is 8.50. The van der Waals surface area contributed by atoms with Crippen LogP contribution < -0.4 is 11.1 Å². The van der Waals surface area contributed by atoms with E-state index in [4.69, 9.17) is 5.73 Å². The maximum Gasteiger partial charge on any atom is 0.237 e. The highest BCUT2D eigenvalue weighted by Gasteiger charge is 2.18. The molecule has 0 aliphatic heterocycles. The number of rotatable bonds is 7. The summed E-state index contributed by atoms with van der Waals surface area (Å²) in [6.45, 7) is 4.02. The van der Waals surface area contributed by atoms with E-state index in [1.54, 1.807) is 0 Å². The number of nitrogens with two attached hydrogens (primary N) is 1. The van der Waals surface area contributed by atoms with Crippen LogP contribution in [0.3, 0.4) is 0 Å². The summed E-state index contributed by atoms with van der Waals surface area (Å²) < 4.78 is 0. The first-order chi connectivity index (χ1) is 9.02. The average molecular weight is 262 g/mol. The van der Waals surface area contributed by atoms with E-state index in [1.807, 2.05) is 44.2 Å². The second-order valence-electron chi connectivity index (χ2n) is 5.18. The summed E-state index contributed by atoms with van der Waals surface area (Å²) >= 11 is 0. The second kappa shape index (κ2) is 7.69. The Bertz CT molecular complexity index is 404. The number of amides is 1. The van der Waals surface area contributed by atoms with Gasteiger partial charge in [-0.2, -0.15) is 0 Å². The third kappa shape index (κ3) is 5.66. The van der Waals surface area contributed by atoms with Gasteiger partial charge in [0.05, 0.1) is 12.1 Å². The van der Waals surface area contributed by atoms with E-state index >= 15 is 0 Å². The summed E-state index contributed by atoms with van der Waals surface area (Å²) in [5.74, 6) is 0.0892. The number of nitrogens with one attached hydrogen (secondary N) is 1. The summed E-state index contributed by atoms with van der Waals surface area (Å²) in [4.78, 5) is 22.9. The maximum atomic E-state index is 11.8. The van der Waals surface area contributed by atoms with Crippen LogP contribution in [-0.2, 0) is 16.0 Å². The number of aldehydes is 1. The Morgan fingerprint density at radius 1 is 1.32 bits per heavy atom. The zero-order valence-electron chi connectivity index (χ0n) is 11.5. The molecule has 1 aromatic rings. The molecule has 0 aromatic heterocycles. The predicted molar refractivity (Wildman–Crippen MR) is 75.6 cm³/mol. The minimum absolute atomic E-state index is 0.262. The van der Waals surface area contributed by atoms with Crippen LogP contribution in [0.4, 0.5) is 0 Å². The van der Waals surface area contributed by atoms with E-state index in [-0.39, 0.29) is 5.91 Å². The fraction of sp³-hybridized carbons (Fsp3) is 0.467. The lowest BCUT2D eigenvalue weighted by atomic mass is 10.0. The number of carbonyl (C=O) groups excluding carboxylic acids is 2. The van der Waals surface area contributed by atoms with E-state index in [1.165, 1.54) is 0 Å². The molecule has 1 amide bonds. The molecular formula is C15H22N2O2. The number of hydrogen-bond donors (Lipinski definition) is 2. The van der Waals surface area contributed by atoms with Gasteiger partial charge in [0.25, 0.3) is 0 Å². The molecule has 1 rings (SSSR count). The van der Waals surface area contributed by atoms with Crippen molar-refractivity contribution in [2.24, 2.45) is 11.7 Å². The predicted octanol–water partition coefficient (Wildman–Crippen LogP) is 1.29. The molecule has 0 aliphatic rings. The van der Waals surface area contributed by atoms with Crippen LogP contribution in [0.25, 0.3) is 0 Å². The molecule has 0 radical (unpaired) electrons. The molecule has 4 heteroatoms. The quantitative estimate of drug-likeness (QED) is 0.727. The molecule has 0 saturated heterocycles. The van der Waals surface area contributed by atoms with Crippen LogP contribution in [0.5, 0.6) is 0 Å². The molecule has 0 saturated carbocycles. The number of benzene rings is 1. The van der Waals surface area contributed by atoms with Gasteiger partial charge in [-0.15, -0.1) is 0 Å². The summed E-state index contributed by atoms with van der Waals surface area (Å²) in [5, 5.41) is 2.69. The maximum absolute atomic E-state index is 11.8. The zero-order valence-corrected chi connectivity index (χ0v) is 11.5. The standard InChI is InChI=1S/C15H22N2O2/c1-11(2)8-14(16)15(19)17-13(10-18)9-12-6-4-3-5-7-12/h3-7,10-11,13-14H,8-9,16H2,1-2H3,(H,17,19)/t13-,14-/m0/s1. The van der Waals surface area contributed by atoms with Crippen LogP contribution in [-0.4, -0.2) is 24.3 Å². The molecule has 2 atom stereocenters. The van der Waals surface area contributed by atoms with Gasteiger partial charge >= 0.3 is 0 Å². The Hall–Kier alpha value is -1.68. The Morgan fingerprint density at radius 3 is 2.47 bits per heavy atom. The summed E-state index contributed by atoms with van der Waals surface area (Å²) in [7, 11) is 0. The first-order valence-electron chi connectivity index (χ1n) is 6.58. The lowest BCUT2D eigenvalue weighted by Crippen LogP contribution is -2.47. The third-order valence-electron chi connectivity index (χ3n) is 2.85. The Kier molecular flexibility index (Phi) is 6.22. The smallest absolute Gasteiger partial charge is 0.237 e. The minimum Gasteiger partial charge on any atom is -0.345 e. The molecule has 0 unspecified atom stereocenters. The van der Waals surface area contributed by atoms with E-state index < -0.39 is 12.1 Å². The van der Waals surface area contributed by atoms with Crippen molar-refractivity contribution in [3.63, 3.8) is 0 Å². The molecule has 1 aromatic carbocycles. The third-order valence-corrected chi connectivity index (χ3v) is 2.85. The van der Waals surface area contributed by atoms with Gasteiger partial charge in [0.2, 0.25) is 5.91 Å². The van der Waals surface area contributed by atoms with Crippen molar-refractivity contribution >= 4 is 12.2 Å². The molecule has 0 spiro atoms. The second-order valence-corrected chi connectivity index (χ2v) is 5.18. The Morgan fingerprint density at radius 2 is 1.95 bits per heavy atom. The van der Waals surface area contributed by atoms with E-state index in [2.05, 4.69) is 5.32 Å². The van der Waals surface area contributed by atoms with Gasteiger partial charge < -0.3 is 15.8 Å². The van der Waals surface area contributed by atoms with Crippen molar-refractivity contribution in [3.05, 3.63) is 35.9 Å². The highest BCUT2D eigenvalue weighted by atomic mass is 16.2. The molecule has 4 nitrogen and oxygen atoms in total. The minimum atomic E-state index is -0.557. The fourth-order valence-corrected chi connectivity index (χ4v) is 1.91. The summed E-state index contributed by atoms with van der Waals surface area (Å²) in [5.41, 5.74) is 6.80. The molecular weight excluding hydrogens is 240 g/mol. The molecule has 0 aliphatic carbocycles. The van der Waals surface area contributed by atoms with Crippen LogP contribution in [0, 0.1) is 5.92 Å². The van der Waals surface area contributed by atoms with Gasteiger partial charge in [0.15, 0.2) is 0 Å². The lowest BCUT2D eigenvalue weighted by molar-refractivity contribution is -0.125. The van der Waals surface area contributed by atoms with Crippen molar-refractivity contribution < 1.29 is 9.59 Å². The Labute approximate surface area is 114 Å². The van der Waals surface area contributed by atoms with Gasteiger partial charge in [-0.25, -0.2) is 0 Å². The molecule has 104 valence electrons. The van der Waals surface area contributed by atoms with Gasteiger partial charge in [0.1, 0.15) is 6.29 Å². The molecule has 0 bridgehead atoms. The van der Waals surface area contributed by atoms with Crippen molar-refractivity contribution in [1.29, 1.82) is 0 Å². The van der Waals surface area contributed by atoms with Gasteiger partial charge in [-0.05, 0) is 24.3 Å². The molecule has 19 heavy (non-hydrogen) atoms. The highest BCUT2D eigenvalue weighted by Crippen LogP contribution is 2.05. The number of hydrogen-bond acceptors (Lipinski definition) is 3. The van der Waals surface area contributed by atoms with Crippen molar-refractivity contribution in [2.45, 2.75) is 38.8 Å². The van der Waals surface area contributed by atoms with E-state index in [9.17, 15) is 9.59 Å². The first kappa shape index (κ1) is 15.4. The van der Waals surface area contributed by atoms with Crippen LogP contribution in [0.15, 0.2) is 30.3 Å². The average Bonchev–Trinajstić information content (AvgIpc) is 2.38. The van der Waals surface area contributed by atoms with Gasteiger partial charge in [0, 0.05) is 0 Å². The normalized spacial score (nSPS) is 13.9. The molecule has 3 N–H and O–H groups in total. The van der Waals surface area contributed by atoms with Crippen molar-refractivity contribution in [1.82, 2.24) is 5.32 Å². The van der Waals surface area contributed by atoms with Gasteiger partial charge in [-0.3, -0.25) is 4.79 Å². The van der Waals surface area contributed by atoms with E-state index in [0.29, 0.717) is 18.8 Å². The largest absolute Gasteiger partial charge is 0.345 e. The van der Waals surface area contributed by atoms with E-state index in [0.717, 1.165) is 11.8 Å². The summed E-state index contributed by atoms with van der Waals surface area (Å²) in [6.07, 6.45) is 1.86. The SMILES string of the molecule is CC(C)C[C@H](N)C(=O)N[C@H](C=O)Cc1ccccc1. The molecule has 0 heterocycles. The van der Waals surface area contributed by atoms with Crippen molar-refractivity contribution in [2.75, 3.05) is 0 Å². The first-order valence-corrected chi connectivity index (χ1v) is 6.58. The molecule has 0 fully saturated rings. The van der Waals surface area contributed by atoms with Gasteiger partial charge in [-0.1, -0.05) is 44.2 Å². The monoisotopic (exact) mass is 262 g/mol. The Balaban J connectivity index is 2.52. The fourth-order valence-electron chi connectivity index (χ4n) is 1.91. The zero-order chi connectivity index (χ0) is 14.3. The topological polar surface area (TPSA) is 72.2 Å². The van der Waals surface area contributed by atoms with Crippen LogP contribution in [0.1, 0.15) is 25.8 Å². The van der Waals surface area contributed by atoms with Crippen LogP contribution >= 0.6 is 0 Å².